The predicted molar refractivity (Wildman–Crippen MR) is 127 cm³/mol. The van der Waals surface area contributed by atoms with Gasteiger partial charge < -0.3 is 40.1 Å². The molecule has 0 bridgehead atoms. The molecule has 9 atom stereocenters. The SMILES string of the molecule is CC1CCC2(C)C(C(=O)OC3OC(CO)C(O)C(O)C3O)=CCCC2C1(C)CC/C(=C/CO)CO. The van der Waals surface area contributed by atoms with Gasteiger partial charge >= 0.3 is 5.97 Å². The summed E-state index contributed by atoms with van der Waals surface area (Å²) in [7, 11) is 0. The van der Waals surface area contributed by atoms with Gasteiger partial charge in [-0.1, -0.05) is 32.9 Å². The first-order valence-corrected chi connectivity index (χ1v) is 12.6. The van der Waals surface area contributed by atoms with Crippen molar-refractivity contribution in [1.29, 1.82) is 0 Å². The van der Waals surface area contributed by atoms with Gasteiger partial charge in [0.1, 0.15) is 24.4 Å². The van der Waals surface area contributed by atoms with Gasteiger partial charge in [-0.05, 0) is 61.3 Å². The fourth-order valence-electron chi connectivity index (χ4n) is 6.57. The van der Waals surface area contributed by atoms with Gasteiger partial charge in [0.05, 0.1) is 19.8 Å². The zero-order valence-electron chi connectivity index (χ0n) is 21.0. The number of esters is 1. The molecule has 0 spiro atoms. The van der Waals surface area contributed by atoms with E-state index in [0.717, 1.165) is 31.3 Å². The molecule has 0 aromatic rings. The standard InChI is InChI=1S/C26H42O9/c1-15-7-10-26(3)17(23(33)35-24-22(32)21(31)20(30)18(14-29)34-24)5-4-6-19(26)25(15,2)11-8-16(13-28)9-12-27/h5,9,15,18-22,24,27-32H,4,6-8,10-14H2,1-3H3/b16-9-. The number of aliphatic hydroxyl groups is 6. The lowest BCUT2D eigenvalue weighted by Crippen LogP contribution is -2.59. The quantitative estimate of drug-likeness (QED) is 0.210. The van der Waals surface area contributed by atoms with Crippen molar-refractivity contribution in [3.63, 3.8) is 0 Å². The Balaban J connectivity index is 1.81. The Morgan fingerprint density at radius 2 is 1.86 bits per heavy atom. The van der Waals surface area contributed by atoms with E-state index in [0.29, 0.717) is 24.3 Å². The molecule has 2 aliphatic carbocycles. The number of rotatable bonds is 8. The minimum Gasteiger partial charge on any atom is -0.429 e. The van der Waals surface area contributed by atoms with Crippen LogP contribution in [-0.4, -0.2) is 87.1 Å². The first kappa shape index (κ1) is 28.2. The van der Waals surface area contributed by atoms with E-state index in [2.05, 4.69) is 20.8 Å². The summed E-state index contributed by atoms with van der Waals surface area (Å²) in [5.41, 5.74) is 0.753. The zero-order chi connectivity index (χ0) is 26.0. The lowest BCUT2D eigenvalue weighted by atomic mass is 9.46. The maximum atomic E-state index is 13.4. The molecule has 9 nitrogen and oxygen atoms in total. The summed E-state index contributed by atoms with van der Waals surface area (Å²) < 4.78 is 10.9. The van der Waals surface area contributed by atoms with Crippen LogP contribution in [0, 0.1) is 22.7 Å². The second kappa shape index (κ2) is 11.4. The van der Waals surface area contributed by atoms with Crippen molar-refractivity contribution >= 4 is 5.97 Å². The lowest BCUT2D eigenvalue weighted by molar-refractivity contribution is -0.291. The third-order valence-electron chi connectivity index (χ3n) is 9.07. The molecule has 0 aromatic heterocycles. The van der Waals surface area contributed by atoms with Gasteiger partial charge in [-0.15, -0.1) is 0 Å². The Hall–Kier alpha value is -1.33. The molecule has 200 valence electrons. The molecule has 3 rings (SSSR count). The molecule has 0 amide bonds. The Labute approximate surface area is 207 Å². The number of hydrogen-bond donors (Lipinski definition) is 6. The van der Waals surface area contributed by atoms with Crippen LogP contribution in [0.2, 0.25) is 0 Å². The fraction of sp³-hybridized carbons (Fsp3) is 0.808. The van der Waals surface area contributed by atoms with E-state index in [1.165, 1.54) is 0 Å². The second-order valence-corrected chi connectivity index (χ2v) is 10.9. The normalized spacial score (nSPS) is 42.3. The van der Waals surface area contributed by atoms with Gasteiger partial charge in [0.25, 0.3) is 0 Å². The van der Waals surface area contributed by atoms with E-state index < -0.39 is 48.7 Å². The van der Waals surface area contributed by atoms with Crippen LogP contribution in [0.1, 0.15) is 59.3 Å². The Morgan fingerprint density at radius 3 is 2.49 bits per heavy atom. The van der Waals surface area contributed by atoms with Crippen LogP contribution < -0.4 is 0 Å². The highest BCUT2D eigenvalue weighted by Crippen LogP contribution is 2.62. The van der Waals surface area contributed by atoms with Crippen molar-refractivity contribution in [2.75, 3.05) is 19.8 Å². The van der Waals surface area contributed by atoms with Crippen LogP contribution in [0.5, 0.6) is 0 Å². The average Bonchev–Trinajstić information content (AvgIpc) is 2.84. The molecule has 9 unspecified atom stereocenters. The van der Waals surface area contributed by atoms with E-state index in [4.69, 9.17) is 9.47 Å². The van der Waals surface area contributed by atoms with Crippen molar-refractivity contribution in [2.45, 2.75) is 90.0 Å². The molecule has 35 heavy (non-hydrogen) atoms. The van der Waals surface area contributed by atoms with Gasteiger partial charge in [0.2, 0.25) is 6.29 Å². The van der Waals surface area contributed by atoms with Gasteiger partial charge in [0.15, 0.2) is 0 Å². The maximum absolute atomic E-state index is 13.4. The van der Waals surface area contributed by atoms with E-state index in [9.17, 15) is 35.4 Å². The Bertz CT molecular complexity index is 809. The van der Waals surface area contributed by atoms with Gasteiger partial charge in [-0.3, -0.25) is 0 Å². The van der Waals surface area contributed by atoms with Crippen LogP contribution in [0.25, 0.3) is 0 Å². The molecule has 0 radical (unpaired) electrons. The zero-order valence-corrected chi connectivity index (χ0v) is 21.0. The molecule has 9 heteroatoms. The monoisotopic (exact) mass is 498 g/mol. The van der Waals surface area contributed by atoms with E-state index in [1.54, 1.807) is 6.08 Å². The molecule has 1 saturated carbocycles. The minimum absolute atomic E-state index is 0.0937. The van der Waals surface area contributed by atoms with Gasteiger partial charge in [-0.2, -0.15) is 0 Å². The first-order chi connectivity index (χ1) is 16.5. The number of carbonyl (C=O) groups excluding carboxylic acids is 1. The predicted octanol–water partition coefficient (Wildman–Crippen LogP) is 0.800. The van der Waals surface area contributed by atoms with Gasteiger partial charge in [-0.25, -0.2) is 4.79 Å². The van der Waals surface area contributed by atoms with Crippen molar-refractivity contribution in [3.8, 4) is 0 Å². The van der Waals surface area contributed by atoms with Crippen LogP contribution in [0.4, 0.5) is 0 Å². The van der Waals surface area contributed by atoms with Crippen LogP contribution >= 0.6 is 0 Å². The average molecular weight is 499 g/mol. The van der Waals surface area contributed by atoms with Crippen molar-refractivity contribution in [1.82, 2.24) is 0 Å². The molecular weight excluding hydrogens is 456 g/mol. The summed E-state index contributed by atoms with van der Waals surface area (Å²) in [5.74, 6) is -0.0553. The third-order valence-corrected chi connectivity index (χ3v) is 9.07. The number of carbonyl (C=O) groups is 1. The number of allylic oxidation sites excluding steroid dienone is 1. The number of ether oxygens (including phenoxy) is 2. The Morgan fingerprint density at radius 1 is 1.14 bits per heavy atom. The number of hydrogen-bond acceptors (Lipinski definition) is 9. The fourth-order valence-corrected chi connectivity index (χ4v) is 6.57. The van der Waals surface area contributed by atoms with Crippen LogP contribution in [0.3, 0.4) is 0 Å². The highest BCUT2D eigenvalue weighted by atomic mass is 16.7. The molecular formula is C26H42O9. The number of aliphatic hydroxyl groups excluding tert-OH is 6. The molecule has 0 aromatic carbocycles. The largest absolute Gasteiger partial charge is 0.429 e. The van der Waals surface area contributed by atoms with Crippen molar-refractivity contribution in [2.24, 2.45) is 22.7 Å². The lowest BCUT2D eigenvalue weighted by Gasteiger charge is -2.58. The summed E-state index contributed by atoms with van der Waals surface area (Å²) >= 11 is 0. The first-order valence-electron chi connectivity index (χ1n) is 12.6. The van der Waals surface area contributed by atoms with E-state index >= 15 is 0 Å². The van der Waals surface area contributed by atoms with E-state index in [-0.39, 0.29) is 24.5 Å². The summed E-state index contributed by atoms with van der Waals surface area (Å²) in [6, 6.07) is 0. The molecule has 1 saturated heterocycles. The second-order valence-electron chi connectivity index (χ2n) is 10.9. The van der Waals surface area contributed by atoms with Crippen LogP contribution in [-0.2, 0) is 14.3 Å². The third kappa shape index (κ3) is 5.37. The maximum Gasteiger partial charge on any atom is 0.336 e. The summed E-state index contributed by atoms with van der Waals surface area (Å²) in [6.45, 7) is 5.76. The van der Waals surface area contributed by atoms with Crippen LogP contribution in [0.15, 0.2) is 23.3 Å². The van der Waals surface area contributed by atoms with Gasteiger partial charge in [0, 0.05) is 11.0 Å². The Kier molecular flexibility index (Phi) is 9.18. The smallest absolute Gasteiger partial charge is 0.336 e. The molecule has 3 aliphatic rings. The van der Waals surface area contributed by atoms with Crippen molar-refractivity contribution in [3.05, 3.63) is 23.3 Å². The summed E-state index contributed by atoms with van der Waals surface area (Å²) in [5, 5.41) is 58.7. The summed E-state index contributed by atoms with van der Waals surface area (Å²) in [6.07, 6.45) is 0.895. The minimum atomic E-state index is -1.64. The van der Waals surface area contributed by atoms with E-state index in [1.807, 2.05) is 6.08 Å². The highest BCUT2D eigenvalue weighted by molar-refractivity contribution is 5.90. The topological polar surface area (TPSA) is 157 Å². The van der Waals surface area contributed by atoms with Crippen molar-refractivity contribution < 1.29 is 44.9 Å². The molecule has 1 heterocycles. The highest BCUT2D eigenvalue weighted by Gasteiger charge is 2.56. The molecule has 1 aliphatic heterocycles. The summed E-state index contributed by atoms with van der Waals surface area (Å²) in [4.78, 5) is 13.4. The molecule has 2 fully saturated rings. The molecule has 6 N–H and O–H groups in total. The number of fused-ring (bicyclic) bond motifs is 1.